The molecule has 0 saturated heterocycles. The van der Waals surface area contributed by atoms with Crippen LogP contribution in [0.25, 0.3) is 21.9 Å². The first-order valence-electron chi connectivity index (χ1n) is 8.23. The Morgan fingerprint density at radius 3 is 2.93 bits per heavy atom. The number of fused-ring (bicyclic) bond motifs is 2. The quantitative estimate of drug-likeness (QED) is 0.517. The topological polar surface area (TPSA) is 84.3 Å². The van der Waals surface area contributed by atoms with Crippen molar-refractivity contribution < 1.29 is 13.9 Å². The van der Waals surface area contributed by atoms with Crippen LogP contribution in [-0.2, 0) is 4.79 Å². The third-order valence-corrected chi connectivity index (χ3v) is 4.50. The Bertz CT molecular complexity index is 1230. The van der Waals surface area contributed by atoms with Crippen LogP contribution in [0, 0.1) is 6.92 Å². The number of amides is 1. The van der Waals surface area contributed by atoms with Gasteiger partial charge in [0.1, 0.15) is 11.3 Å². The highest BCUT2D eigenvalue weighted by Crippen LogP contribution is 2.31. The molecule has 0 aliphatic heterocycles. The normalized spacial score (nSPS) is 11.0. The molecular weight excluding hydrogens is 368 g/mol. The number of aryl methyl sites for hydroxylation is 1. The number of anilines is 1. The van der Waals surface area contributed by atoms with Crippen LogP contribution in [0.2, 0.25) is 5.02 Å². The van der Waals surface area contributed by atoms with E-state index in [2.05, 4.69) is 10.3 Å². The van der Waals surface area contributed by atoms with E-state index in [-0.39, 0.29) is 18.3 Å². The smallest absolute Gasteiger partial charge is 0.336 e. The van der Waals surface area contributed by atoms with Crippen LogP contribution in [-0.4, -0.2) is 17.5 Å². The van der Waals surface area contributed by atoms with E-state index in [1.807, 2.05) is 30.5 Å². The maximum Gasteiger partial charge on any atom is 0.336 e. The summed E-state index contributed by atoms with van der Waals surface area (Å²) in [7, 11) is 0. The zero-order chi connectivity index (χ0) is 19.0. The molecule has 7 heteroatoms. The molecule has 0 unspecified atom stereocenters. The lowest BCUT2D eigenvalue weighted by Crippen LogP contribution is -2.20. The summed E-state index contributed by atoms with van der Waals surface area (Å²) in [6, 6.07) is 12.1. The van der Waals surface area contributed by atoms with Crippen molar-refractivity contribution in [3.63, 3.8) is 0 Å². The Hall–Kier alpha value is -3.25. The van der Waals surface area contributed by atoms with Gasteiger partial charge in [-0.2, -0.15) is 0 Å². The molecule has 27 heavy (non-hydrogen) atoms. The third kappa shape index (κ3) is 3.52. The molecule has 0 saturated carbocycles. The molecule has 6 nitrogen and oxygen atoms in total. The zero-order valence-electron chi connectivity index (χ0n) is 14.3. The van der Waals surface area contributed by atoms with Crippen molar-refractivity contribution in [2.24, 2.45) is 0 Å². The molecule has 2 heterocycles. The number of nitrogens with one attached hydrogen (secondary N) is 2. The van der Waals surface area contributed by atoms with Gasteiger partial charge >= 0.3 is 5.63 Å². The molecule has 0 fully saturated rings. The Morgan fingerprint density at radius 2 is 2.07 bits per heavy atom. The number of H-pyrrole nitrogens is 1. The maximum atomic E-state index is 12.2. The van der Waals surface area contributed by atoms with Crippen LogP contribution in [0.3, 0.4) is 0 Å². The predicted octanol–water partition coefficient (Wildman–Crippen LogP) is 4.25. The predicted molar refractivity (Wildman–Crippen MR) is 105 cm³/mol. The second-order valence-electron chi connectivity index (χ2n) is 6.14. The fourth-order valence-electron chi connectivity index (χ4n) is 2.90. The summed E-state index contributed by atoms with van der Waals surface area (Å²) < 4.78 is 10.7. The van der Waals surface area contributed by atoms with Gasteiger partial charge in [0.2, 0.25) is 0 Å². The fraction of sp³-hybridized carbons (Fsp3) is 0.100. The zero-order valence-corrected chi connectivity index (χ0v) is 15.1. The van der Waals surface area contributed by atoms with Crippen LogP contribution in [0.4, 0.5) is 5.69 Å². The number of aromatic nitrogens is 1. The van der Waals surface area contributed by atoms with Gasteiger partial charge < -0.3 is 19.5 Å². The second-order valence-corrected chi connectivity index (χ2v) is 6.55. The monoisotopic (exact) mass is 382 g/mol. The molecule has 2 N–H and O–H groups in total. The minimum Gasteiger partial charge on any atom is -0.482 e. The SMILES string of the molecule is Cc1cc(=O)oc2cc(OCC(=O)Nc3ccc4cc[nH]c4c3)c(Cl)cc12. The Labute approximate surface area is 158 Å². The summed E-state index contributed by atoms with van der Waals surface area (Å²) in [5, 5.41) is 4.88. The first kappa shape index (κ1) is 17.2. The summed E-state index contributed by atoms with van der Waals surface area (Å²) in [4.78, 5) is 26.8. The minimum absolute atomic E-state index is 0.232. The molecule has 4 aromatic rings. The van der Waals surface area contributed by atoms with Crippen LogP contribution < -0.4 is 15.7 Å². The Balaban J connectivity index is 1.49. The molecule has 0 radical (unpaired) electrons. The number of carbonyl (C=O) groups is 1. The van der Waals surface area contributed by atoms with Crippen molar-refractivity contribution in [3.8, 4) is 5.75 Å². The van der Waals surface area contributed by atoms with Crippen molar-refractivity contribution in [1.82, 2.24) is 4.98 Å². The summed E-state index contributed by atoms with van der Waals surface area (Å²) >= 11 is 6.23. The minimum atomic E-state index is -0.453. The molecule has 0 bridgehead atoms. The molecule has 0 aliphatic carbocycles. The van der Waals surface area contributed by atoms with Gasteiger partial charge in [0, 0.05) is 34.9 Å². The third-order valence-electron chi connectivity index (χ3n) is 4.20. The number of aromatic amines is 1. The Morgan fingerprint density at radius 1 is 1.22 bits per heavy atom. The van der Waals surface area contributed by atoms with Gasteiger partial charge in [0.05, 0.1) is 5.02 Å². The summed E-state index contributed by atoms with van der Waals surface area (Å²) in [6.45, 7) is 1.56. The van der Waals surface area contributed by atoms with E-state index in [0.717, 1.165) is 21.9 Å². The number of carbonyl (C=O) groups excluding carboxylic acids is 1. The standard InChI is InChI=1S/C20H15ClN2O4/c1-11-6-20(25)27-17-9-18(15(21)8-14(11)17)26-10-19(24)23-13-3-2-12-4-5-22-16(12)7-13/h2-9,22H,10H2,1H3,(H,23,24). The van der Waals surface area contributed by atoms with Crippen LogP contribution in [0.5, 0.6) is 5.75 Å². The van der Waals surface area contributed by atoms with Crippen molar-refractivity contribution in [3.05, 3.63) is 69.7 Å². The number of halogens is 1. The molecule has 2 aromatic carbocycles. The summed E-state index contributed by atoms with van der Waals surface area (Å²) in [6.07, 6.45) is 1.83. The lowest BCUT2D eigenvalue weighted by Gasteiger charge is -2.10. The molecule has 0 spiro atoms. The average molecular weight is 383 g/mol. The fourth-order valence-corrected chi connectivity index (χ4v) is 3.11. The van der Waals surface area contributed by atoms with E-state index in [1.165, 1.54) is 12.1 Å². The van der Waals surface area contributed by atoms with Gasteiger partial charge in [-0.05, 0) is 42.1 Å². The highest BCUT2D eigenvalue weighted by atomic mass is 35.5. The average Bonchev–Trinajstić information content (AvgIpc) is 3.08. The van der Waals surface area contributed by atoms with E-state index in [1.54, 1.807) is 13.0 Å². The van der Waals surface area contributed by atoms with Gasteiger partial charge in [-0.15, -0.1) is 0 Å². The molecule has 0 atom stereocenters. The van der Waals surface area contributed by atoms with Crippen LogP contribution in [0.1, 0.15) is 5.56 Å². The van der Waals surface area contributed by atoms with E-state index in [9.17, 15) is 9.59 Å². The summed E-state index contributed by atoms with van der Waals surface area (Å²) in [5.74, 6) is -0.0596. The lowest BCUT2D eigenvalue weighted by atomic mass is 10.1. The first-order chi connectivity index (χ1) is 13.0. The number of hydrogen-bond donors (Lipinski definition) is 2. The molecule has 0 aliphatic rings. The van der Waals surface area contributed by atoms with Crippen LogP contribution in [0.15, 0.2) is 57.9 Å². The lowest BCUT2D eigenvalue weighted by molar-refractivity contribution is -0.118. The molecule has 1 amide bonds. The van der Waals surface area contributed by atoms with Gasteiger partial charge in [-0.3, -0.25) is 4.79 Å². The van der Waals surface area contributed by atoms with Gasteiger partial charge in [0.15, 0.2) is 6.61 Å². The summed E-state index contributed by atoms with van der Waals surface area (Å²) in [5.41, 5.74) is 2.25. The number of ether oxygens (including phenoxy) is 1. The molecular formula is C20H15ClN2O4. The van der Waals surface area contributed by atoms with E-state index in [0.29, 0.717) is 16.3 Å². The highest BCUT2D eigenvalue weighted by molar-refractivity contribution is 6.32. The largest absolute Gasteiger partial charge is 0.482 e. The van der Waals surface area contributed by atoms with Crippen molar-refractivity contribution >= 4 is 45.1 Å². The van der Waals surface area contributed by atoms with E-state index >= 15 is 0 Å². The number of hydrogen-bond acceptors (Lipinski definition) is 4. The van der Waals surface area contributed by atoms with Crippen molar-refractivity contribution in [2.75, 3.05) is 11.9 Å². The van der Waals surface area contributed by atoms with E-state index in [4.69, 9.17) is 20.8 Å². The van der Waals surface area contributed by atoms with Crippen molar-refractivity contribution in [1.29, 1.82) is 0 Å². The van der Waals surface area contributed by atoms with Crippen molar-refractivity contribution in [2.45, 2.75) is 6.92 Å². The van der Waals surface area contributed by atoms with Gasteiger partial charge in [-0.25, -0.2) is 4.79 Å². The molecule has 2 aromatic heterocycles. The van der Waals surface area contributed by atoms with E-state index < -0.39 is 5.63 Å². The first-order valence-corrected chi connectivity index (χ1v) is 8.61. The Kier molecular flexibility index (Phi) is 4.33. The van der Waals surface area contributed by atoms with Crippen LogP contribution >= 0.6 is 11.6 Å². The molecule has 4 rings (SSSR count). The second kappa shape index (κ2) is 6.81. The number of benzene rings is 2. The highest BCUT2D eigenvalue weighted by Gasteiger charge is 2.11. The maximum absolute atomic E-state index is 12.2. The molecule has 136 valence electrons. The van der Waals surface area contributed by atoms with Gasteiger partial charge in [-0.1, -0.05) is 17.7 Å². The number of rotatable bonds is 4. The van der Waals surface area contributed by atoms with Gasteiger partial charge in [0.25, 0.3) is 5.91 Å².